The van der Waals surface area contributed by atoms with Gasteiger partial charge < -0.3 is 25.4 Å². The van der Waals surface area contributed by atoms with E-state index in [0.717, 1.165) is 19.3 Å². The second-order valence-electron chi connectivity index (χ2n) is 7.40. The lowest BCUT2D eigenvalue weighted by Gasteiger charge is -2.36. The predicted molar refractivity (Wildman–Crippen MR) is 110 cm³/mol. The lowest BCUT2D eigenvalue weighted by atomic mass is 9.81. The van der Waals surface area contributed by atoms with Crippen molar-refractivity contribution in [3.05, 3.63) is 48.5 Å². The molecule has 1 aliphatic carbocycles. The minimum absolute atomic E-state index is 0.211. The van der Waals surface area contributed by atoms with Crippen LogP contribution >= 0.6 is 0 Å². The van der Waals surface area contributed by atoms with Gasteiger partial charge in [0.25, 0.3) is 0 Å². The summed E-state index contributed by atoms with van der Waals surface area (Å²) in [6.07, 6.45) is 4.04. The van der Waals surface area contributed by atoms with Crippen LogP contribution in [-0.2, 0) is 4.79 Å². The zero-order chi connectivity index (χ0) is 20.1. The Morgan fingerprint density at radius 2 is 1.52 bits per heavy atom. The number of urea groups is 1. The van der Waals surface area contributed by atoms with E-state index in [2.05, 4.69) is 16.0 Å². The molecule has 7 heteroatoms. The molecule has 0 unspecified atom stereocenters. The summed E-state index contributed by atoms with van der Waals surface area (Å²) in [4.78, 5) is 25.8. The average Bonchev–Trinajstić information content (AvgIpc) is 2.75. The average molecular weight is 395 g/mol. The first-order valence-corrected chi connectivity index (χ1v) is 10.00. The third-order valence-electron chi connectivity index (χ3n) is 5.33. The summed E-state index contributed by atoms with van der Waals surface area (Å²) < 4.78 is 11.1. The first-order chi connectivity index (χ1) is 14.1. The summed E-state index contributed by atoms with van der Waals surface area (Å²) in [5.41, 5.74) is 0.363. The van der Waals surface area contributed by atoms with Gasteiger partial charge >= 0.3 is 6.03 Å². The van der Waals surface area contributed by atoms with E-state index in [1.807, 2.05) is 30.3 Å². The summed E-state index contributed by atoms with van der Waals surface area (Å²) in [6, 6.07) is 14.1. The Hall–Kier alpha value is -3.22. The summed E-state index contributed by atoms with van der Waals surface area (Å²) in [6.45, 7) is 0.998. The molecule has 0 bridgehead atoms. The van der Waals surface area contributed by atoms with Crippen LogP contribution in [0.15, 0.2) is 48.5 Å². The Morgan fingerprint density at radius 3 is 2.28 bits per heavy atom. The molecule has 3 N–H and O–H groups in total. The Bertz CT molecular complexity index is 879. The van der Waals surface area contributed by atoms with E-state index >= 15 is 0 Å². The van der Waals surface area contributed by atoms with E-state index in [-0.39, 0.29) is 11.9 Å². The van der Waals surface area contributed by atoms with Crippen molar-refractivity contribution in [2.75, 3.05) is 23.8 Å². The summed E-state index contributed by atoms with van der Waals surface area (Å²) in [5.74, 6) is 1.07. The first-order valence-electron chi connectivity index (χ1n) is 10.00. The van der Waals surface area contributed by atoms with Crippen LogP contribution in [0.1, 0.15) is 32.1 Å². The molecule has 0 aromatic heterocycles. The number of fused-ring (bicyclic) bond motifs is 1. The van der Waals surface area contributed by atoms with E-state index in [4.69, 9.17) is 9.47 Å². The zero-order valence-electron chi connectivity index (χ0n) is 16.2. The van der Waals surface area contributed by atoms with Gasteiger partial charge in [-0.2, -0.15) is 0 Å². The van der Waals surface area contributed by atoms with Crippen molar-refractivity contribution in [1.29, 1.82) is 0 Å². The molecule has 2 aromatic carbocycles. The largest absolute Gasteiger partial charge is 0.486 e. The molecule has 0 spiro atoms. The lowest BCUT2D eigenvalue weighted by Crippen LogP contribution is -2.58. The van der Waals surface area contributed by atoms with Crippen LogP contribution in [0.2, 0.25) is 0 Å². The van der Waals surface area contributed by atoms with Gasteiger partial charge in [-0.3, -0.25) is 4.79 Å². The van der Waals surface area contributed by atoms with Crippen LogP contribution in [0, 0.1) is 0 Å². The summed E-state index contributed by atoms with van der Waals surface area (Å²) >= 11 is 0. The van der Waals surface area contributed by atoms with Gasteiger partial charge in [0.15, 0.2) is 11.5 Å². The molecule has 0 atom stereocenters. The summed E-state index contributed by atoms with van der Waals surface area (Å²) in [5, 5.41) is 8.71. The van der Waals surface area contributed by atoms with Crippen LogP contribution in [0.25, 0.3) is 0 Å². The van der Waals surface area contributed by atoms with Gasteiger partial charge in [-0.05, 0) is 37.1 Å². The number of rotatable bonds is 4. The SMILES string of the molecule is O=C(Nc1ccccc1)NC1(C(=O)Nc2ccc3c(c2)OCCO3)CCCCC1. The van der Waals surface area contributed by atoms with Crippen LogP contribution in [0.4, 0.5) is 16.2 Å². The molecule has 0 radical (unpaired) electrons. The van der Waals surface area contributed by atoms with E-state index in [0.29, 0.717) is 48.9 Å². The molecule has 29 heavy (non-hydrogen) atoms. The molecular weight excluding hydrogens is 370 g/mol. The third-order valence-corrected chi connectivity index (χ3v) is 5.33. The van der Waals surface area contributed by atoms with E-state index in [1.54, 1.807) is 18.2 Å². The molecule has 1 heterocycles. The highest BCUT2D eigenvalue weighted by Gasteiger charge is 2.41. The minimum atomic E-state index is -0.940. The third kappa shape index (κ3) is 4.45. The molecular formula is C22H25N3O4. The van der Waals surface area contributed by atoms with Crippen molar-refractivity contribution in [3.63, 3.8) is 0 Å². The smallest absolute Gasteiger partial charge is 0.320 e. The number of hydrogen-bond donors (Lipinski definition) is 3. The number of carbonyl (C=O) groups is 2. The fourth-order valence-electron chi connectivity index (χ4n) is 3.84. The first kappa shape index (κ1) is 19.1. The van der Waals surface area contributed by atoms with Crippen LogP contribution in [0.3, 0.4) is 0 Å². The summed E-state index contributed by atoms with van der Waals surface area (Å²) in [7, 11) is 0. The maximum atomic E-state index is 13.2. The van der Waals surface area contributed by atoms with E-state index in [1.165, 1.54) is 0 Å². The highest BCUT2D eigenvalue weighted by atomic mass is 16.6. The Kier molecular flexibility index (Phi) is 5.55. The quantitative estimate of drug-likeness (QED) is 0.732. The number of anilines is 2. The number of ether oxygens (including phenoxy) is 2. The van der Waals surface area contributed by atoms with E-state index in [9.17, 15) is 9.59 Å². The molecule has 0 saturated heterocycles. The van der Waals surface area contributed by atoms with E-state index < -0.39 is 5.54 Å². The maximum absolute atomic E-state index is 13.2. The van der Waals surface area contributed by atoms with Gasteiger partial charge in [-0.25, -0.2) is 4.79 Å². The van der Waals surface area contributed by atoms with Crippen LogP contribution in [0.5, 0.6) is 11.5 Å². The van der Waals surface area contributed by atoms with Crippen molar-refractivity contribution >= 4 is 23.3 Å². The van der Waals surface area contributed by atoms with Gasteiger partial charge in [-0.15, -0.1) is 0 Å². The Morgan fingerprint density at radius 1 is 0.793 bits per heavy atom. The second-order valence-corrected chi connectivity index (χ2v) is 7.40. The molecule has 152 valence electrons. The van der Waals surface area contributed by atoms with Gasteiger partial charge in [-0.1, -0.05) is 37.5 Å². The van der Waals surface area contributed by atoms with Crippen molar-refractivity contribution in [2.24, 2.45) is 0 Å². The predicted octanol–water partition coefficient (Wildman–Crippen LogP) is 3.92. The van der Waals surface area contributed by atoms with Gasteiger partial charge in [0.2, 0.25) is 5.91 Å². The topological polar surface area (TPSA) is 88.7 Å². The lowest BCUT2D eigenvalue weighted by molar-refractivity contribution is -0.123. The van der Waals surface area contributed by atoms with Gasteiger partial charge in [0, 0.05) is 17.4 Å². The second kappa shape index (κ2) is 8.43. The number of amides is 3. The fourth-order valence-corrected chi connectivity index (χ4v) is 3.84. The number of hydrogen-bond acceptors (Lipinski definition) is 4. The van der Waals surface area contributed by atoms with Crippen LogP contribution in [-0.4, -0.2) is 30.7 Å². The number of carbonyl (C=O) groups excluding carboxylic acids is 2. The standard InChI is InChI=1S/C22H25N3O4/c26-20(23-17-9-10-18-19(15-17)29-14-13-28-18)22(11-5-2-6-12-22)25-21(27)24-16-7-3-1-4-8-16/h1,3-4,7-10,15H,2,5-6,11-14H2,(H,23,26)(H2,24,25,27). The Labute approximate surface area is 169 Å². The van der Waals surface area contributed by atoms with Crippen molar-refractivity contribution in [1.82, 2.24) is 5.32 Å². The molecule has 1 saturated carbocycles. The van der Waals surface area contributed by atoms with Gasteiger partial charge in [0.1, 0.15) is 18.8 Å². The fraction of sp³-hybridized carbons (Fsp3) is 0.364. The molecule has 4 rings (SSSR count). The van der Waals surface area contributed by atoms with Crippen molar-refractivity contribution < 1.29 is 19.1 Å². The van der Waals surface area contributed by atoms with Gasteiger partial charge in [0.05, 0.1) is 0 Å². The molecule has 7 nitrogen and oxygen atoms in total. The Balaban J connectivity index is 1.48. The van der Waals surface area contributed by atoms with Crippen molar-refractivity contribution in [2.45, 2.75) is 37.6 Å². The highest BCUT2D eigenvalue weighted by molar-refractivity contribution is 6.02. The van der Waals surface area contributed by atoms with Crippen LogP contribution < -0.4 is 25.4 Å². The maximum Gasteiger partial charge on any atom is 0.320 e. The number of para-hydroxylation sites is 1. The molecule has 2 aromatic rings. The minimum Gasteiger partial charge on any atom is -0.486 e. The van der Waals surface area contributed by atoms with Crippen molar-refractivity contribution in [3.8, 4) is 11.5 Å². The zero-order valence-corrected chi connectivity index (χ0v) is 16.2. The molecule has 1 fully saturated rings. The number of benzene rings is 2. The monoisotopic (exact) mass is 395 g/mol. The molecule has 3 amide bonds. The highest BCUT2D eigenvalue weighted by Crippen LogP contribution is 2.34. The molecule has 1 aliphatic heterocycles. The molecule has 2 aliphatic rings. The normalized spacial score (nSPS) is 17.1. The number of nitrogens with one attached hydrogen (secondary N) is 3.